The number of rotatable bonds is 6. The van der Waals surface area contributed by atoms with Crippen molar-refractivity contribution in [2.45, 2.75) is 45.0 Å². The molecule has 0 aromatic heterocycles. The van der Waals surface area contributed by atoms with Gasteiger partial charge in [-0.05, 0) is 33.3 Å². The highest BCUT2D eigenvalue weighted by molar-refractivity contribution is 5.76. The minimum Gasteiger partial charge on any atom is -0.444 e. The first-order valence-electron chi connectivity index (χ1n) is 7.33. The van der Waals surface area contributed by atoms with Gasteiger partial charge in [-0.3, -0.25) is 4.79 Å². The van der Waals surface area contributed by atoms with Gasteiger partial charge in [-0.15, -0.1) is 0 Å². The van der Waals surface area contributed by atoms with Gasteiger partial charge in [-0.1, -0.05) is 6.07 Å². The van der Waals surface area contributed by atoms with Crippen molar-refractivity contribution in [3.8, 4) is 0 Å². The topological polar surface area (TPSA) is 95.9 Å². The number of aldehydes is 1. The van der Waals surface area contributed by atoms with Gasteiger partial charge in [-0.2, -0.15) is 0 Å². The van der Waals surface area contributed by atoms with Crippen LogP contribution in [0.2, 0.25) is 0 Å². The number of alkyl carbamates (subject to hydrolysis) is 1. The van der Waals surface area contributed by atoms with Crippen molar-refractivity contribution < 1.29 is 33.3 Å². The normalized spacial score (nSPS) is 14.0. The van der Waals surface area contributed by atoms with Gasteiger partial charge in [0.2, 0.25) is 0 Å². The van der Waals surface area contributed by atoms with E-state index in [2.05, 4.69) is 5.32 Å². The summed E-state index contributed by atoms with van der Waals surface area (Å²) in [6, 6.07) is 1.78. The van der Waals surface area contributed by atoms with Crippen molar-refractivity contribution in [1.82, 2.24) is 5.32 Å². The molecule has 1 aromatic carbocycles. The predicted molar refractivity (Wildman–Crippen MR) is 81.6 cm³/mol. The summed E-state index contributed by atoms with van der Waals surface area (Å²) in [7, 11) is 0. The quantitative estimate of drug-likeness (QED) is 0.686. The van der Waals surface area contributed by atoms with Crippen molar-refractivity contribution in [2.24, 2.45) is 0 Å². The Bertz CT molecular complexity index is 601. The smallest absolute Gasteiger partial charge is 0.407 e. The lowest BCUT2D eigenvalue weighted by Gasteiger charge is -2.21. The number of aliphatic hydroxyl groups excluding tert-OH is 2. The molecule has 0 saturated carbocycles. The van der Waals surface area contributed by atoms with Crippen LogP contribution in [0.4, 0.5) is 13.6 Å². The van der Waals surface area contributed by atoms with E-state index in [4.69, 9.17) is 4.74 Å². The average molecular weight is 345 g/mol. The van der Waals surface area contributed by atoms with Crippen LogP contribution >= 0.6 is 0 Å². The van der Waals surface area contributed by atoms with Crippen LogP contribution in [0.1, 0.15) is 49.2 Å². The number of benzene rings is 1. The van der Waals surface area contributed by atoms with Gasteiger partial charge in [0, 0.05) is 12.1 Å². The number of hydrogen-bond donors (Lipinski definition) is 3. The Morgan fingerprint density at radius 2 is 1.96 bits per heavy atom. The average Bonchev–Trinajstić information content (AvgIpc) is 2.45. The van der Waals surface area contributed by atoms with Crippen LogP contribution < -0.4 is 5.32 Å². The molecule has 2 unspecified atom stereocenters. The molecule has 0 aliphatic carbocycles. The Hall–Kier alpha value is -2.06. The largest absolute Gasteiger partial charge is 0.444 e. The maximum absolute atomic E-state index is 13.9. The molecule has 1 rings (SSSR count). The molecular weight excluding hydrogens is 324 g/mol. The molecule has 24 heavy (non-hydrogen) atoms. The van der Waals surface area contributed by atoms with E-state index in [0.29, 0.717) is 0 Å². The van der Waals surface area contributed by atoms with Crippen molar-refractivity contribution in [3.63, 3.8) is 0 Å². The molecule has 0 heterocycles. The zero-order chi connectivity index (χ0) is 18.5. The summed E-state index contributed by atoms with van der Waals surface area (Å²) in [4.78, 5) is 22.1. The Morgan fingerprint density at radius 1 is 1.33 bits per heavy atom. The van der Waals surface area contributed by atoms with E-state index in [1.54, 1.807) is 20.8 Å². The van der Waals surface area contributed by atoms with Crippen LogP contribution in [0.3, 0.4) is 0 Å². The number of halogens is 2. The van der Waals surface area contributed by atoms with E-state index in [0.717, 1.165) is 12.1 Å². The van der Waals surface area contributed by atoms with Gasteiger partial charge in [0.25, 0.3) is 0 Å². The minimum absolute atomic E-state index is 0.00265. The van der Waals surface area contributed by atoms with E-state index >= 15 is 0 Å². The zero-order valence-corrected chi connectivity index (χ0v) is 13.7. The van der Waals surface area contributed by atoms with Gasteiger partial charge in [0.1, 0.15) is 23.3 Å². The number of amides is 1. The number of carbonyl (C=O) groups is 2. The summed E-state index contributed by atoms with van der Waals surface area (Å²) >= 11 is 0. The fourth-order valence-electron chi connectivity index (χ4n) is 1.92. The third-order valence-electron chi connectivity index (χ3n) is 3.07. The van der Waals surface area contributed by atoms with Crippen molar-refractivity contribution in [1.29, 1.82) is 0 Å². The molecule has 0 aliphatic heterocycles. The lowest BCUT2D eigenvalue weighted by Crippen LogP contribution is -2.34. The van der Waals surface area contributed by atoms with Gasteiger partial charge in [0.05, 0.1) is 11.7 Å². The highest BCUT2D eigenvalue weighted by Gasteiger charge is 2.25. The molecule has 1 amide bonds. The lowest BCUT2D eigenvalue weighted by atomic mass is 9.99. The van der Waals surface area contributed by atoms with E-state index in [9.17, 15) is 28.6 Å². The third kappa shape index (κ3) is 5.54. The van der Waals surface area contributed by atoms with Crippen molar-refractivity contribution in [3.05, 3.63) is 34.9 Å². The third-order valence-corrected chi connectivity index (χ3v) is 3.07. The Kier molecular flexibility index (Phi) is 6.80. The Morgan fingerprint density at radius 3 is 2.50 bits per heavy atom. The molecule has 134 valence electrons. The summed E-state index contributed by atoms with van der Waals surface area (Å²) in [5.74, 6) is -2.28. The van der Waals surface area contributed by atoms with Crippen molar-refractivity contribution >= 4 is 12.4 Å². The second-order valence-electron chi connectivity index (χ2n) is 6.21. The number of carbonyl (C=O) groups excluding carboxylic acids is 2. The molecule has 0 aliphatic rings. The summed E-state index contributed by atoms with van der Waals surface area (Å²) in [6.07, 6.45) is -3.91. The van der Waals surface area contributed by atoms with Crippen LogP contribution in [-0.4, -0.2) is 40.8 Å². The first-order chi connectivity index (χ1) is 11.1. The number of aliphatic hydroxyl groups is 2. The fraction of sp³-hybridized carbons (Fsp3) is 0.500. The molecule has 6 nitrogen and oxygen atoms in total. The number of ether oxygens (including phenoxy) is 1. The number of hydrogen-bond acceptors (Lipinski definition) is 5. The van der Waals surface area contributed by atoms with Crippen LogP contribution in [-0.2, 0) is 4.74 Å². The van der Waals surface area contributed by atoms with Gasteiger partial charge >= 0.3 is 6.09 Å². The van der Waals surface area contributed by atoms with E-state index in [1.165, 1.54) is 0 Å². The summed E-state index contributed by atoms with van der Waals surface area (Å²) in [5.41, 5.74) is -1.89. The van der Waals surface area contributed by atoms with Gasteiger partial charge in [-0.25, -0.2) is 13.6 Å². The first-order valence-corrected chi connectivity index (χ1v) is 7.33. The van der Waals surface area contributed by atoms with Gasteiger partial charge < -0.3 is 20.3 Å². The predicted octanol–water partition coefficient (Wildman–Crippen LogP) is 2.09. The molecule has 0 saturated heterocycles. The molecule has 8 heteroatoms. The zero-order valence-electron chi connectivity index (χ0n) is 13.7. The maximum atomic E-state index is 13.9. The molecular formula is C16H21F2NO5. The highest BCUT2D eigenvalue weighted by Crippen LogP contribution is 2.25. The van der Waals surface area contributed by atoms with E-state index in [1.807, 2.05) is 0 Å². The van der Waals surface area contributed by atoms with Gasteiger partial charge in [0.15, 0.2) is 6.29 Å². The molecule has 2 atom stereocenters. The highest BCUT2D eigenvalue weighted by atomic mass is 19.1. The lowest BCUT2D eigenvalue weighted by molar-refractivity contribution is 0.0102. The number of nitrogens with one attached hydrogen (secondary N) is 1. The van der Waals surface area contributed by atoms with Crippen LogP contribution in [0, 0.1) is 11.6 Å². The second kappa shape index (κ2) is 8.16. The summed E-state index contributed by atoms with van der Waals surface area (Å²) in [6.45, 7) is 5.03. The molecule has 0 radical (unpaired) electrons. The first kappa shape index (κ1) is 20.0. The van der Waals surface area contributed by atoms with Crippen molar-refractivity contribution in [2.75, 3.05) is 6.54 Å². The van der Waals surface area contributed by atoms with Crippen LogP contribution in [0.5, 0.6) is 0 Å². The summed E-state index contributed by atoms with van der Waals surface area (Å²) in [5, 5.41) is 22.2. The Labute approximate surface area is 138 Å². The second-order valence-corrected chi connectivity index (χ2v) is 6.21. The minimum atomic E-state index is -1.68. The van der Waals surface area contributed by atoms with Crippen LogP contribution in [0.25, 0.3) is 0 Å². The summed E-state index contributed by atoms with van der Waals surface area (Å²) < 4.78 is 32.2. The maximum Gasteiger partial charge on any atom is 0.407 e. The molecule has 1 aromatic rings. The Balaban J connectivity index is 2.64. The SMILES string of the molecule is CC(C)(C)OC(=O)NCCC(O)C(O)c1ccc(F)c(C=O)c1F. The molecule has 0 fully saturated rings. The molecule has 0 spiro atoms. The van der Waals surface area contributed by atoms with E-state index < -0.39 is 46.7 Å². The molecule has 3 N–H and O–H groups in total. The standard InChI is InChI=1S/C16H21F2NO5/c1-16(2,3)24-15(23)19-7-6-12(21)14(22)9-4-5-11(17)10(8-20)13(9)18/h4-5,8,12,14,21-22H,6-7H2,1-3H3,(H,19,23). The monoisotopic (exact) mass is 345 g/mol. The van der Waals surface area contributed by atoms with E-state index in [-0.39, 0.29) is 19.3 Å². The van der Waals surface area contributed by atoms with Crippen LogP contribution in [0.15, 0.2) is 12.1 Å². The fourth-order valence-corrected chi connectivity index (χ4v) is 1.92. The molecule has 0 bridgehead atoms.